The third-order valence-corrected chi connectivity index (χ3v) is 5.97. The molecule has 0 fully saturated rings. The summed E-state index contributed by atoms with van der Waals surface area (Å²) in [6.07, 6.45) is 3.10. The Morgan fingerprint density at radius 3 is 2.30 bits per heavy atom. The van der Waals surface area contributed by atoms with E-state index in [1.165, 1.54) is 4.31 Å². The van der Waals surface area contributed by atoms with Crippen LogP contribution < -0.4 is 5.73 Å². The molecule has 0 spiro atoms. The predicted molar refractivity (Wildman–Crippen MR) is 85.9 cm³/mol. The SMILES string of the molecule is C=CCN(CC=C)S(=O)(=O)c1cc(CN)cc(C)c1Br. The molecule has 0 heterocycles. The minimum absolute atomic E-state index is 0.224. The lowest BCUT2D eigenvalue weighted by atomic mass is 10.1. The fraction of sp³-hybridized carbons (Fsp3) is 0.286. The van der Waals surface area contributed by atoms with Gasteiger partial charge in [0.2, 0.25) is 10.0 Å². The Hall–Kier alpha value is -0.950. The first-order chi connectivity index (χ1) is 9.38. The molecule has 0 saturated carbocycles. The van der Waals surface area contributed by atoms with Gasteiger partial charge in [0.1, 0.15) is 0 Å². The van der Waals surface area contributed by atoms with E-state index in [2.05, 4.69) is 29.1 Å². The highest BCUT2D eigenvalue weighted by atomic mass is 79.9. The van der Waals surface area contributed by atoms with Gasteiger partial charge < -0.3 is 5.73 Å². The number of hydrogen-bond donors (Lipinski definition) is 1. The van der Waals surface area contributed by atoms with Gasteiger partial charge >= 0.3 is 0 Å². The molecule has 0 atom stereocenters. The fourth-order valence-corrected chi connectivity index (χ4v) is 4.22. The predicted octanol–water partition coefficient (Wildman–Crippen LogP) is 2.58. The first-order valence-corrected chi connectivity index (χ1v) is 8.32. The van der Waals surface area contributed by atoms with Gasteiger partial charge in [0, 0.05) is 24.1 Å². The van der Waals surface area contributed by atoms with E-state index >= 15 is 0 Å². The van der Waals surface area contributed by atoms with Crippen molar-refractivity contribution in [3.05, 3.63) is 53.0 Å². The lowest BCUT2D eigenvalue weighted by Crippen LogP contribution is -2.31. The zero-order valence-corrected chi connectivity index (χ0v) is 13.9. The van der Waals surface area contributed by atoms with Crippen LogP contribution >= 0.6 is 15.9 Å². The molecule has 0 aromatic heterocycles. The van der Waals surface area contributed by atoms with E-state index in [0.717, 1.165) is 11.1 Å². The average molecular weight is 359 g/mol. The molecule has 0 bridgehead atoms. The van der Waals surface area contributed by atoms with Crippen LogP contribution in [0.25, 0.3) is 0 Å². The van der Waals surface area contributed by atoms with Crippen molar-refractivity contribution in [2.24, 2.45) is 5.73 Å². The number of aryl methyl sites for hydroxylation is 1. The van der Waals surface area contributed by atoms with Gasteiger partial charge in [0.25, 0.3) is 0 Å². The van der Waals surface area contributed by atoms with Crippen molar-refractivity contribution < 1.29 is 8.42 Å². The van der Waals surface area contributed by atoms with Gasteiger partial charge in [0.15, 0.2) is 0 Å². The third kappa shape index (κ3) is 3.58. The first kappa shape index (κ1) is 17.1. The van der Waals surface area contributed by atoms with Crippen LogP contribution in [-0.4, -0.2) is 25.8 Å². The minimum Gasteiger partial charge on any atom is -0.326 e. The molecule has 1 rings (SSSR count). The Kier molecular flexibility index (Phi) is 6.13. The standard InChI is InChI=1S/C14H19BrN2O2S/c1-4-6-17(7-5-2)20(18,19)13-9-12(10-16)8-11(3)14(13)15/h4-5,8-9H,1-2,6-7,10,16H2,3H3. The van der Waals surface area contributed by atoms with Gasteiger partial charge in [-0.2, -0.15) is 4.31 Å². The topological polar surface area (TPSA) is 63.4 Å². The Morgan fingerprint density at radius 2 is 1.85 bits per heavy atom. The zero-order chi connectivity index (χ0) is 15.3. The molecular formula is C14H19BrN2O2S. The molecule has 1 aromatic carbocycles. The van der Waals surface area contributed by atoms with Crippen molar-refractivity contribution in [2.75, 3.05) is 13.1 Å². The Balaban J connectivity index is 3.43. The summed E-state index contributed by atoms with van der Waals surface area (Å²) in [6, 6.07) is 3.47. The molecule has 1 aromatic rings. The first-order valence-electron chi connectivity index (χ1n) is 6.09. The molecule has 0 saturated heterocycles. The van der Waals surface area contributed by atoms with Crippen LogP contribution in [0.5, 0.6) is 0 Å². The fourth-order valence-electron chi connectivity index (χ4n) is 1.81. The number of nitrogens with two attached hydrogens (primary N) is 1. The molecule has 6 heteroatoms. The second-order valence-corrected chi connectivity index (χ2v) is 7.03. The van der Waals surface area contributed by atoms with Crippen molar-refractivity contribution in [1.29, 1.82) is 0 Å². The smallest absolute Gasteiger partial charge is 0.244 e. The highest BCUT2D eigenvalue weighted by Gasteiger charge is 2.26. The van der Waals surface area contributed by atoms with Crippen molar-refractivity contribution in [1.82, 2.24) is 4.31 Å². The number of halogens is 1. The van der Waals surface area contributed by atoms with Gasteiger partial charge in [-0.15, -0.1) is 13.2 Å². The van der Waals surface area contributed by atoms with Crippen molar-refractivity contribution in [3.63, 3.8) is 0 Å². The van der Waals surface area contributed by atoms with Crippen LogP contribution in [0.4, 0.5) is 0 Å². The summed E-state index contributed by atoms with van der Waals surface area (Å²) < 4.78 is 27.3. The summed E-state index contributed by atoms with van der Waals surface area (Å²) in [6.45, 7) is 9.77. The molecule has 0 aliphatic rings. The lowest BCUT2D eigenvalue weighted by molar-refractivity contribution is 0.473. The van der Waals surface area contributed by atoms with E-state index in [9.17, 15) is 8.42 Å². The third-order valence-electron chi connectivity index (χ3n) is 2.80. The van der Waals surface area contributed by atoms with E-state index in [1.807, 2.05) is 13.0 Å². The quantitative estimate of drug-likeness (QED) is 0.761. The van der Waals surface area contributed by atoms with Crippen LogP contribution in [-0.2, 0) is 16.6 Å². The summed E-state index contributed by atoms with van der Waals surface area (Å²) in [4.78, 5) is 0.224. The summed E-state index contributed by atoms with van der Waals surface area (Å²) in [5.41, 5.74) is 7.23. The van der Waals surface area contributed by atoms with Gasteiger partial charge in [-0.1, -0.05) is 18.2 Å². The van der Waals surface area contributed by atoms with Crippen LogP contribution in [0.2, 0.25) is 0 Å². The lowest BCUT2D eigenvalue weighted by Gasteiger charge is -2.21. The summed E-state index contributed by atoms with van der Waals surface area (Å²) in [7, 11) is -3.62. The van der Waals surface area contributed by atoms with E-state index in [4.69, 9.17) is 5.73 Å². The largest absolute Gasteiger partial charge is 0.326 e. The Bertz CT molecular complexity index is 602. The molecule has 0 aliphatic heterocycles. The molecule has 0 radical (unpaired) electrons. The Morgan fingerprint density at radius 1 is 1.30 bits per heavy atom. The van der Waals surface area contributed by atoms with E-state index in [0.29, 0.717) is 11.0 Å². The van der Waals surface area contributed by atoms with E-state index in [-0.39, 0.29) is 18.0 Å². The van der Waals surface area contributed by atoms with Crippen LogP contribution in [0, 0.1) is 6.92 Å². The monoisotopic (exact) mass is 358 g/mol. The highest BCUT2D eigenvalue weighted by Crippen LogP contribution is 2.29. The van der Waals surface area contributed by atoms with Crippen molar-refractivity contribution >= 4 is 26.0 Å². The highest BCUT2D eigenvalue weighted by molar-refractivity contribution is 9.10. The minimum atomic E-state index is -3.62. The maximum absolute atomic E-state index is 12.7. The Labute approximate surface area is 129 Å². The number of hydrogen-bond acceptors (Lipinski definition) is 3. The van der Waals surface area contributed by atoms with Gasteiger partial charge in [0.05, 0.1) is 4.90 Å². The van der Waals surface area contributed by atoms with E-state index < -0.39 is 10.0 Å². The second kappa shape index (κ2) is 7.17. The number of rotatable bonds is 7. The van der Waals surface area contributed by atoms with E-state index in [1.54, 1.807) is 18.2 Å². The number of benzene rings is 1. The maximum Gasteiger partial charge on any atom is 0.244 e. The molecule has 2 N–H and O–H groups in total. The maximum atomic E-state index is 12.7. The summed E-state index contributed by atoms with van der Waals surface area (Å²) in [5.74, 6) is 0. The van der Waals surface area contributed by atoms with Gasteiger partial charge in [-0.05, 0) is 40.0 Å². The summed E-state index contributed by atoms with van der Waals surface area (Å²) in [5, 5.41) is 0. The van der Waals surface area contributed by atoms with Crippen molar-refractivity contribution in [2.45, 2.75) is 18.4 Å². The second-order valence-electron chi connectivity index (χ2n) is 4.33. The average Bonchev–Trinajstić information content (AvgIpc) is 2.41. The molecule has 4 nitrogen and oxygen atoms in total. The van der Waals surface area contributed by atoms with Gasteiger partial charge in [-0.25, -0.2) is 8.42 Å². The van der Waals surface area contributed by atoms with Gasteiger partial charge in [-0.3, -0.25) is 0 Å². The number of sulfonamides is 1. The molecule has 20 heavy (non-hydrogen) atoms. The number of nitrogens with zero attached hydrogens (tertiary/aromatic N) is 1. The summed E-state index contributed by atoms with van der Waals surface area (Å²) >= 11 is 3.35. The van der Waals surface area contributed by atoms with Crippen LogP contribution in [0.3, 0.4) is 0 Å². The van der Waals surface area contributed by atoms with Crippen LogP contribution in [0.1, 0.15) is 11.1 Å². The van der Waals surface area contributed by atoms with Crippen molar-refractivity contribution in [3.8, 4) is 0 Å². The molecule has 0 amide bonds. The zero-order valence-electron chi connectivity index (χ0n) is 11.5. The normalized spacial score (nSPS) is 11.6. The molecule has 110 valence electrons. The molecule has 0 aliphatic carbocycles. The molecule has 0 unspecified atom stereocenters. The van der Waals surface area contributed by atoms with Crippen LogP contribution in [0.15, 0.2) is 46.8 Å². The molecular weight excluding hydrogens is 340 g/mol.